The van der Waals surface area contributed by atoms with Crippen LogP contribution in [0.1, 0.15) is 46.0 Å². The first-order valence-corrected chi connectivity index (χ1v) is 9.44. The number of nitrogens with one attached hydrogen (secondary N) is 2. The van der Waals surface area contributed by atoms with Gasteiger partial charge < -0.3 is 15.4 Å². The van der Waals surface area contributed by atoms with Crippen LogP contribution >= 0.6 is 0 Å². The number of carbonyl (C=O) groups excluding carboxylic acids is 1. The molecule has 3 N–H and O–H groups in total. The van der Waals surface area contributed by atoms with Crippen molar-refractivity contribution in [2.45, 2.75) is 46.6 Å². The van der Waals surface area contributed by atoms with Crippen LogP contribution < -0.4 is 5.32 Å². The van der Waals surface area contributed by atoms with Gasteiger partial charge in [-0.25, -0.2) is 0 Å². The predicted molar refractivity (Wildman–Crippen MR) is 110 cm³/mol. The molecule has 0 fully saturated rings. The molecule has 4 heteroatoms. The Morgan fingerprint density at radius 2 is 1.78 bits per heavy atom. The molecule has 1 aromatic heterocycles. The number of aliphatic hydroxyl groups excluding tert-OH is 1. The van der Waals surface area contributed by atoms with E-state index < -0.39 is 0 Å². The molecule has 0 saturated carbocycles. The number of aromatic nitrogens is 1. The first-order valence-electron chi connectivity index (χ1n) is 9.44. The quantitative estimate of drug-likeness (QED) is 0.614. The molecule has 1 heterocycles. The van der Waals surface area contributed by atoms with Crippen LogP contribution in [0.4, 0.5) is 0 Å². The highest BCUT2D eigenvalue weighted by atomic mass is 16.3. The Kier molecular flexibility index (Phi) is 5.66. The molecule has 0 aliphatic heterocycles. The smallest absolute Gasteiger partial charge is 0.224 e. The molecule has 2 aromatic carbocycles. The second-order valence-corrected chi connectivity index (χ2v) is 7.45. The second-order valence-electron chi connectivity index (χ2n) is 7.45. The first kappa shape index (κ1) is 19.2. The SMILES string of the molecule is Cc1ccc([C@@H](CCO)NC(=O)Cc2c(C)[nH]c3c(C)cc(C)cc23)cc1. The van der Waals surface area contributed by atoms with Crippen molar-refractivity contribution in [3.05, 3.63) is 69.9 Å². The Morgan fingerprint density at radius 1 is 1.07 bits per heavy atom. The fourth-order valence-electron chi connectivity index (χ4n) is 3.72. The minimum atomic E-state index is -0.183. The third-order valence-corrected chi connectivity index (χ3v) is 5.14. The lowest BCUT2D eigenvalue weighted by Crippen LogP contribution is -2.30. The highest BCUT2D eigenvalue weighted by Gasteiger charge is 2.18. The molecule has 0 radical (unpaired) electrons. The number of rotatable bonds is 6. The maximum absolute atomic E-state index is 12.8. The van der Waals surface area contributed by atoms with E-state index in [9.17, 15) is 9.90 Å². The van der Waals surface area contributed by atoms with E-state index in [0.29, 0.717) is 12.8 Å². The zero-order chi connectivity index (χ0) is 19.6. The maximum Gasteiger partial charge on any atom is 0.224 e. The molecule has 1 atom stereocenters. The molecule has 4 nitrogen and oxygen atoms in total. The Bertz CT molecular complexity index is 955. The number of hydrogen-bond donors (Lipinski definition) is 3. The fraction of sp³-hybridized carbons (Fsp3) is 0.348. The van der Waals surface area contributed by atoms with Crippen molar-refractivity contribution >= 4 is 16.8 Å². The predicted octanol–water partition coefficient (Wildman–Crippen LogP) is 4.18. The van der Waals surface area contributed by atoms with Crippen LogP contribution in [0.5, 0.6) is 0 Å². The molecular weight excluding hydrogens is 336 g/mol. The number of aliphatic hydroxyl groups is 1. The third kappa shape index (κ3) is 4.22. The summed E-state index contributed by atoms with van der Waals surface area (Å²) >= 11 is 0. The van der Waals surface area contributed by atoms with Crippen molar-refractivity contribution in [3.8, 4) is 0 Å². The van der Waals surface area contributed by atoms with Crippen molar-refractivity contribution < 1.29 is 9.90 Å². The summed E-state index contributed by atoms with van der Waals surface area (Å²) in [4.78, 5) is 16.2. The van der Waals surface area contributed by atoms with Gasteiger partial charge in [-0.2, -0.15) is 0 Å². The number of carbonyl (C=O) groups is 1. The summed E-state index contributed by atoms with van der Waals surface area (Å²) in [5.74, 6) is -0.0304. The molecular formula is C23H28N2O2. The number of aryl methyl sites for hydroxylation is 4. The molecule has 3 rings (SSSR count). The fourth-order valence-corrected chi connectivity index (χ4v) is 3.72. The summed E-state index contributed by atoms with van der Waals surface area (Å²) in [5, 5.41) is 13.6. The van der Waals surface area contributed by atoms with Gasteiger partial charge in [0.1, 0.15) is 0 Å². The van der Waals surface area contributed by atoms with E-state index in [1.165, 1.54) is 16.7 Å². The zero-order valence-electron chi connectivity index (χ0n) is 16.5. The molecule has 0 bridgehead atoms. The average molecular weight is 364 g/mol. The Balaban J connectivity index is 1.83. The van der Waals surface area contributed by atoms with Gasteiger partial charge in [-0.15, -0.1) is 0 Å². The molecule has 27 heavy (non-hydrogen) atoms. The van der Waals surface area contributed by atoms with E-state index in [2.05, 4.69) is 36.3 Å². The van der Waals surface area contributed by atoms with Crippen molar-refractivity contribution in [2.75, 3.05) is 6.61 Å². The van der Waals surface area contributed by atoms with Gasteiger partial charge >= 0.3 is 0 Å². The lowest BCUT2D eigenvalue weighted by molar-refractivity contribution is -0.121. The van der Waals surface area contributed by atoms with Gasteiger partial charge in [0.05, 0.1) is 12.5 Å². The van der Waals surface area contributed by atoms with Crippen LogP contribution in [0.15, 0.2) is 36.4 Å². The summed E-state index contributed by atoms with van der Waals surface area (Å²) < 4.78 is 0. The third-order valence-electron chi connectivity index (χ3n) is 5.14. The largest absolute Gasteiger partial charge is 0.396 e. The van der Waals surface area contributed by atoms with Gasteiger partial charge in [0.2, 0.25) is 5.91 Å². The molecule has 0 unspecified atom stereocenters. The lowest BCUT2D eigenvalue weighted by Gasteiger charge is -2.19. The molecule has 0 aliphatic rings. The van der Waals surface area contributed by atoms with Crippen molar-refractivity contribution in [3.63, 3.8) is 0 Å². The first-order chi connectivity index (χ1) is 12.9. The minimum Gasteiger partial charge on any atom is -0.396 e. The van der Waals surface area contributed by atoms with Crippen LogP contribution in [-0.4, -0.2) is 22.6 Å². The molecule has 0 saturated heterocycles. The molecule has 0 spiro atoms. The summed E-state index contributed by atoms with van der Waals surface area (Å²) in [6, 6.07) is 12.2. The topological polar surface area (TPSA) is 65.1 Å². The van der Waals surface area contributed by atoms with E-state index in [1.54, 1.807) is 0 Å². The molecule has 3 aromatic rings. The van der Waals surface area contributed by atoms with Gasteiger partial charge in [-0.1, -0.05) is 41.5 Å². The Morgan fingerprint density at radius 3 is 2.44 bits per heavy atom. The number of fused-ring (bicyclic) bond motifs is 1. The van der Waals surface area contributed by atoms with Crippen LogP contribution in [0.2, 0.25) is 0 Å². The normalized spacial score (nSPS) is 12.3. The zero-order valence-corrected chi connectivity index (χ0v) is 16.5. The summed E-state index contributed by atoms with van der Waals surface area (Å²) in [6.45, 7) is 8.25. The summed E-state index contributed by atoms with van der Waals surface area (Å²) in [6.07, 6.45) is 0.822. The van der Waals surface area contributed by atoms with Crippen molar-refractivity contribution in [2.24, 2.45) is 0 Å². The number of aromatic amines is 1. The highest BCUT2D eigenvalue weighted by Crippen LogP contribution is 2.27. The van der Waals surface area contributed by atoms with E-state index >= 15 is 0 Å². The van der Waals surface area contributed by atoms with Crippen molar-refractivity contribution in [1.82, 2.24) is 10.3 Å². The van der Waals surface area contributed by atoms with Crippen molar-refractivity contribution in [1.29, 1.82) is 0 Å². The summed E-state index contributed by atoms with van der Waals surface area (Å²) in [7, 11) is 0. The summed E-state index contributed by atoms with van der Waals surface area (Å²) in [5.41, 5.74) is 7.75. The van der Waals surface area contributed by atoms with E-state index in [-0.39, 0.29) is 18.6 Å². The van der Waals surface area contributed by atoms with E-state index in [1.807, 2.05) is 38.1 Å². The van der Waals surface area contributed by atoms with Gasteiger partial charge in [0.25, 0.3) is 0 Å². The van der Waals surface area contributed by atoms with Gasteiger partial charge in [-0.3, -0.25) is 4.79 Å². The monoisotopic (exact) mass is 364 g/mol. The van der Waals surface area contributed by atoms with Crippen LogP contribution in [0.25, 0.3) is 10.9 Å². The van der Waals surface area contributed by atoms with Crippen LogP contribution in [0, 0.1) is 27.7 Å². The number of amides is 1. The minimum absolute atomic E-state index is 0.0304. The molecule has 142 valence electrons. The van der Waals surface area contributed by atoms with Gasteiger partial charge in [0.15, 0.2) is 0 Å². The number of H-pyrrole nitrogens is 1. The molecule has 0 aliphatic carbocycles. The standard InChI is InChI=1S/C23H28N2O2/c1-14-5-7-18(8-6-14)21(9-10-26)25-22(27)13-19-17(4)24-23-16(3)11-15(2)12-20(19)23/h5-8,11-12,21,24,26H,9-10,13H2,1-4H3,(H,25,27)/t21-/m1/s1. The Labute approximate surface area is 160 Å². The number of hydrogen-bond acceptors (Lipinski definition) is 2. The molecule has 1 amide bonds. The van der Waals surface area contributed by atoms with Gasteiger partial charge in [-0.05, 0) is 56.9 Å². The van der Waals surface area contributed by atoms with E-state index in [0.717, 1.165) is 27.7 Å². The second kappa shape index (κ2) is 7.97. The highest BCUT2D eigenvalue weighted by molar-refractivity contribution is 5.92. The Hall–Kier alpha value is -2.59. The average Bonchev–Trinajstić information content (AvgIpc) is 2.92. The number of benzene rings is 2. The van der Waals surface area contributed by atoms with E-state index in [4.69, 9.17) is 0 Å². The van der Waals surface area contributed by atoms with Gasteiger partial charge in [0, 0.05) is 23.2 Å². The maximum atomic E-state index is 12.8. The van der Waals surface area contributed by atoms with Crippen LogP contribution in [0.3, 0.4) is 0 Å². The lowest BCUT2D eigenvalue weighted by atomic mass is 10.0. The van der Waals surface area contributed by atoms with Crippen LogP contribution in [-0.2, 0) is 11.2 Å².